The molecule has 1 aromatic heterocycles. The first-order chi connectivity index (χ1) is 16.0. The lowest BCUT2D eigenvalue weighted by Crippen LogP contribution is -2.26. The van der Waals surface area contributed by atoms with Crippen LogP contribution in [0.25, 0.3) is 11.4 Å². The fourth-order valence-corrected chi connectivity index (χ4v) is 4.20. The fraction of sp³-hybridized carbons (Fsp3) is 0.483. The van der Waals surface area contributed by atoms with E-state index in [0.717, 1.165) is 63.3 Å². The summed E-state index contributed by atoms with van der Waals surface area (Å²) in [4.78, 5) is 7.27. The molecule has 3 rings (SSSR count). The van der Waals surface area contributed by atoms with Gasteiger partial charge in [-0.3, -0.25) is 4.90 Å². The van der Waals surface area contributed by atoms with Crippen LogP contribution in [-0.4, -0.2) is 21.0 Å². The number of hydrogen-bond acceptors (Lipinski definition) is 2. The van der Waals surface area contributed by atoms with Crippen molar-refractivity contribution in [3.8, 4) is 11.4 Å². The molecule has 0 atom stereocenters. The van der Waals surface area contributed by atoms with E-state index >= 15 is 0 Å². The van der Waals surface area contributed by atoms with Gasteiger partial charge in [0, 0.05) is 25.2 Å². The number of halogens is 1. The number of aryl methyl sites for hydroxylation is 1. The van der Waals surface area contributed by atoms with Crippen molar-refractivity contribution in [2.24, 2.45) is 5.92 Å². The van der Waals surface area contributed by atoms with E-state index in [1.54, 1.807) is 12.1 Å². The van der Waals surface area contributed by atoms with Crippen LogP contribution >= 0.6 is 0 Å². The van der Waals surface area contributed by atoms with Gasteiger partial charge in [-0.25, -0.2) is 9.37 Å². The Morgan fingerprint density at radius 1 is 0.970 bits per heavy atom. The lowest BCUT2D eigenvalue weighted by molar-refractivity contribution is 0.235. The first-order valence-electron chi connectivity index (χ1n) is 12.6. The van der Waals surface area contributed by atoms with E-state index in [-0.39, 0.29) is 5.82 Å². The minimum atomic E-state index is -0.218. The Bertz CT molecular complexity index is 975. The third-order valence-corrected chi connectivity index (χ3v) is 6.13. The molecule has 33 heavy (non-hydrogen) atoms. The summed E-state index contributed by atoms with van der Waals surface area (Å²) in [5, 5.41) is 0. The van der Waals surface area contributed by atoms with Gasteiger partial charge in [0.1, 0.15) is 11.6 Å². The van der Waals surface area contributed by atoms with Gasteiger partial charge in [0.2, 0.25) is 0 Å². The van der Waals surface area contributed by atoms with Gasteiger partial charge in [-0.2, -0.15) is 0 Å². The molecule has 0 aliphatic heterocycles. The van der Waals surface area contributed by atoms with Crippen LogP contribution in [0.3, 0.4) is 0 Å². The summed E-state index contributed by atoms with van der Waals surface area (Å²) in [6.07, 6.45) is 7.65. The Morgan fingerprint density at radius 2 is 1.73 bits per heavy atom. The highest BCUT2D eigenvalue weighted by Gasteiger charge is 2.16. The largest absolute Gasteiger partial charge is 0.327 e. The van der Waals surface area contributed by atoms with E-state index in [1.165, 1.54) is 29.3 Å². The van der Waals surface area contributed by atoms with Crippen LogP contribution in [-0.2, 0) is 26.1 Å². The smallest absolute Gasteiger partial charge is 0.140 e. The topological polar surface area (TPSA) is 21.1 Å². The average Bonchev–Trinajstić information content (AvgIpc) is 3.19. The number of unbranched alkanes of at least 4 members (excludes halogenated alkanes) is 1. The van der Waals surface area contributed by atoms with Crippen LogP contribution in [0, 0.1) is 11.7 Å². The number of hydrogen-bond donors (Lipinski definition) is 0. The maximum atomic E-state index is 13.9. The zero-order chi connectivity index (χ0) is 23.6. The average molecular weight is 450 g/mol. The van der Waals surface area contributed by atoms with Crippen LogP contribution < -0.4 is 0 Å². The van der Waals surface area contributed by atoms with Crippen molar-refractivity contribution >= 4 is 0 Å². The van der Waals surface area contributed by atoms with Crippen molar-refractivity contribution < 1.29 is 4.39 Å². The number of imidazole rings is 1. The van der Waals surface area contributed by atoms with E-state index in [9.17, 15) is 4.39 Å². The number of rotatable bonds is 13. The second-order valence-electron chi connectivity index (χ2n) is 9.55. The molecule has 0 N–H and O–H groups in total. The van der Waals surface area contributed by atoms with Gasteiger partial charge < -0.3 is 4.57 Å². The highest BCUT2D eigenvalue weighted by molar-refractivity contribution is 5.56. The molecule has 0 saturated heterocycles. The summed E-state index contributed by atoms with van der Waals surface area (Å²) >= 11 is 0. The van der Waals surface area contributed by atoms with Gasteiger partial charge in [0.05, 0.1) is 11.9 Å². The standard InChI is InChI=1S/C29H40FN3/c1-5-7-17-33-28(20-31-29(33)26-10-8-11-27(30)19-26)22-32(18-16-23(3)4)21-25-14-12-24(9-6-2)13-15-25/h8,10-15,19-20,23H,5-7,9,16-18,21-22H2,1-4H3. The minimum absolute atomic E-state index is 0.218. The molecule has 2 aromatic carbocycles. The number of benzene rings is 2. The summed E-state index contributed by atoms with van der Waals surface area (Å²) in [7, 11) is 0. The fourth-order valence-electron chi connectivity index (χ4n) is 4.20. The van der Waals surface area contributed by atoms with E-state index in [4.69, 9.17) is 4.98 Å². The molecule has 0 radical (unpaired) electrons. The zero-order valence-electron chi connectivity index (χ0n) is 20.9. The summed E-state index contributed by atoms with van der Waals surface area (Å²) in [5.74, 6) is 1.31. The molecule has 3 nitrogen and oxygen atoms in total. The summed E-state index contributed by atoms with van der Waals surface area (Å²) in [5.41, 5.74) is 4.81. The Balaban J connectivity index is 1.84. The predicted molar refractivity (Wildman–Crippen MR) is 137 cm³/mol. The Labute approximate surface area is 199 Å². The van der Waals surface area contributed by atoms with Crippen LogP contribution in [0.5, 0.6) is 0 Å². The molecule has 0 spiro atoms. The molecule has 0 saturated carbocycles. The highest BCUT2D eigenvalue weighted by Crippen LogP contribution is 2.23. The Morgan fingerprint density at radius 3 is 2.39 bits per heavy atom. The predicted octanol–water partition coefficient (Wildman–Crippen LogP) is 7.49. The van der Waals surface area contributed by atoms with Crippen molar-refractivity contribution in [3.63, 3.8) is 0 Å². The molecule has 0 bridgehead atoms. The maximum absolute atomic E-state index is 13.9. The molecule has 1 heterocycles. The third kappa shape index (κ3) is 7.53. The monoisotopic (exact) mass is 449 g/mol. The third-order valence-electron chi connectivity index (χ3n) is 6.13. The highest BCUT2D eigenvalue weighted by atomic mass is 19.1. The van der Waals surface area contributed by atoms with Gasteiger partial charge in [-0.15, -0.1) is 0 Å². The van der Waals surface area contributed by atoms with Gasteiger partial charge in [-0.1, -0.05) is 76.9 Å². The van der Waals surface area contributed by atoms with Crippen LogP contribution in [0.1, 0.15) is 70.2 Å². The lowest BCUT2D eigenvalue weighted by atomic mass is 10.1. The molecule has 3 aromatic rings. The van der Waals surface area contributed by atoms with Gasteiger partial charge >= 0.3 is 0 Å². The van der Waals surface area contributed by atoms with Crippen molar-refractivity contribution in [3.05, 3.63) is 77.4 Å². The van der Waals surface area contributed by atoms with Crippen molar-refractivity contribution in [2.75, 3.05) is 6.54 Å². The van der Waals surface area contributed by atoms with E-state index < -0.39 is 0 Å². The second-order valence-corrected chi connectivity index (χ2v) is 9.55. The van der Waals surface area contributed by atoms with E-state index in [1.807, 2.05) is 12.3 Å². The first-order valence-corrected chi connectivity index (χ1v) is 12.6. The summed E-state index contributed by atoms with van der Waals surface area (Å²) in [6, 6.07) is 15.9. The van der Waals surface area contributed by atoms with E-state index in [2.05, 4.69) is 61.4 Å². The van der Waals surface area contributed by atoms with Crippen molar-refractivity contribution in [1.29, 1.82) is 0 Å². The molecular weight excluding hydrogens is 409 g/mol. The molecule has 178 valence electrons. The normalized spacial score (nSPS) is 11.6. The minimum Gasteiger partial charge on any atom is -0.327 e. The molecule has 0 fully saturated rings. The van der Waals surface area contributed by atoms with Gasteiger partial charge in [-0.05, 0) is 55.0 Å². The molecule has 0 unspecified atom stereocenters. The molecular formula is C29H40FN3. The zero-order valence-corrected chi connectivity index (χ0v) is 20.9. The summed E-state index contributed by atoms with van der Waals surface area (Å²) in [6.45, 7) is 12.7. The van der Waals surface area contributed by atoms with Gasteiger partial charge in [0.25, 0.3) is 0 Å². The van der Waals surface area contributed by atoms with Gasteiger partial charge in [0.15, 0.2) is 0 Å². The Kier molecular flexibility index (Phi) is 9.68. The molecule has 0 aliphatic carbocycles. The molecule has 0 amide bonds. The van der Waals surface area contributed by atoms with E-state index in [0.29, 0.717) is 5.92 Å². The molecule has 0 aliphatic rings. The van der Waals surface area contributed by atoms with Crippen LogP contribution in [0.4, 0.5) is 4.39 Å². The number of nitrogens with zero attached hydrogens (tertiary/aromatic N) is 3. The van der Waals surface area contributed by atoms with Crippen molar-refractivity contribution in [2.45, 2.75) is 79.4 Å². The second kappa shape index (κ2) is 12.7. The lowest BCUT2D eigenvalue weighted by Gasteiger charge is -2.24. The quantitative estimate of drug-likeness (QED) is 0.269. The van der Waals surface area contributed by atoms with Crippen LogP contribution in [0.2, 0.25) is 0 Å². The number of aromatic nitrogens is 2. The van der Waals surface area contributed by atoms with Crippen LogP contribution in [0.15, 0.2) is 54.7 Å². The van der Waals surface area contributed by atoms with Crippen molar-refractivity contribution in [1.82, 2.24) is 14.5 Å². The summed E-state index contributed by atoms with van der Waals surface area (Å²) < 4.78 is 16.2. The first kappa shape index (κ1) is 25.2. The SMILES string of the molecule is CCCCn1c(CN(CCC(C)C)Cc2ccc(CCC)cc2)cnc1-c1cccc(F)c1. The maximum Gasteiger partial charge on any atom is 0.140 e. The Hall–Kier alpha value is -2.46. The molecule has 4 heteroatoms.